The number of anilines is 1. The number of nitrogens with one attached hydrogen (secondary N) is 2. The molecule has 0 aliphatic carbocycles. The standard InChI is InChI=1S/C18H19N3O7/c1-27-14-8-5-12(10-15(14)28-2)17(23)19-13-6-3-11(4-7-13)9-16(22)21(26)18(24)20-25/h3-8,10,25-26H,9H2,1-2H3,(H,19,23)(H,20,24). The minimum atomic E-state index is -1.36. The van der Waals surface area contributed by atoms with Crippen LogP contribution in [0.1, 0.15) is 15.9 Å². The van der Waals surface area contributed by atoms with Crippen molar-refractivity contribution < 1.29 is 34.3 Å². The van der Waals surface area contributed by atoms with Gasteiger partial charge in [-0.3, -0.25) is 20.0 Å². The first kappa shape index (κ1) is 20.7. The molecule has 0 fully saturated rings. The second-order valence-corrected chi connectivity index (χ2v) is 5.52. The van der Waals surface area contributed by atoms with E-state index in [-0.39, 0.29) is 17.4 Å². The molecule has 0 spiro atoms. The Kier molecular flexibility index (Phi) is 6.90. The van der Waals surface area contributed by atoms with Crippen molar-refractivity contribution in [3.05, 3.63) is 53.6 Å². The Balaban J connectivity index is 2.03. The van der Waals surface area contributed by atoms with Crippen LogP contribution in [0, 0.1) is 0 Å². The second kappa shape index (κ2) is 9.35. The number of hydroxylamine groups is 3. The molecule has 0 atom stereocenters. The smallest absolute Gasteiger partial charge is 0.372 e. The lowest BCUT2D eigenvalue weighted by Gasteiger charge is -2.12. The molecule has 2 aromatic carbocycles. The molecule has 2 aromatic rings. The van der Waals surface area contributed by atoms with E-state index in [0.717, 1.165) is 5.48 Å². The third-order valence-electron chi connectivity index (χ3n) is 3.74. The maximum Gasteiger partial charge on any atom is 0.372 e. The molecule has 0 aromatic heterocycles. The van der Waals surface area contributed by atoms with Gasteiger partial charge in [0.1, 0.15) is 0 Å². The van der Waals surface area contributed by atoms with Gasteiger partial charge in [-0.15, -0.1) is 5.06 Å². The predicted molar refractivity (Wildman–Crippen MR) is 96.6 cm³/mol. The van der Waals surface area contributed by atoms with Gasteiger partial charge in [0.2, 0.25) is 0 Å². The van der Waals surface area contributed by atoms with E-state index < -0.39 is 11.9 Å². The molecular weight excluding hydrogens is 370 g/mol. The highest BCUT2D eigenvalue weighted by Gasteiger charge is 2.19. The summed E-state index contributed by atoms with van der Waals surface area (Å²) in [5.74, 6) is -0.384. The lowest BCUT2D eigenvalue weighted by Crippen LogP contribution is -2.40. The fourth-order valence-electron chi connectivity index (χ4n) is 2.30. The molecule has 0 bridgehead atoms. The van der Waals surface area contributed by atoms with Crippen molar-refractivity contribution in [1.29, 1.82) is 0 Å². The normalized spacial score (nSPS) is 10.0. The molecule has 10 heteroatoms. The van der Waals surface area contributed by atoms with Crippen LogP contribution in [-0.4, -0.2) is 47.5 Å². The third kappa shape index (κ3) is 4.96. The van der Waals surface area contributed by atoms with E-state index in [1.54, 1.807) is 42.5 Å². The Bertz CT molecular complexity index is 868. The van der Waals surface area contributed by atoms with Crippen LogP contribution in [-0.2, 0) is 11.2 Å². The molecule has 2 rings (SSSR count). The summed E-state index contributed by atoms with van der Waals surface area (Å²) in [5, 5.41) is 20.1. The Morgan fingerprint density at radius 1 is 1.00 bits per heavy atom. The zero-order chi connectivity index (χ0) is 20.7. The number of ether oxygens (including phenoxy) is 2. The zero-order valence-corrected chi connectivity index (χ0v) is 15.1. The van der Waals surface area contributed by atoms with Crippen LogP contribution in [0.3, 0.4) is 0 Å². The van der Waals surface area contributed by atoms with Crippen LogP contribution in [0.4, 0.5) is 10.5 Å². The predicted octanol–water partition coefficient (Wildman–Crippen LogP) is 1.82. The third-order valence-corrected chi connectivity index (χ3v) is 3.74. The molecule has 0 aliphatic heterocycles. The summed E-state index contributed by atoms with van der Waals surface area (Å²) in [5.41, 5.74) is 2.47. The highest BCUT2D eigenvalue weighted by molar-refractivity contribution is 6.04. The molecule has 148 valence electrons. The topological polar surface area (TPSA) is 137 Å². The number of hydrogen-bond donors (Lipinski definition) is 4. The van der Waals surface area contributed by atoms with E-state index in [9.17, 15) is 19.6 Å². The molecule has 0 saturated heterocycles. The first-order valence-electron chi connectivity index (χ1n) is 7.97. The number of amides is 4. The molecule has 28 heavy (non-hydrogen) atoms. The lowest BCUT2D eigenvalue weighted by atomic mass is 10.1. The second-order valence-electron chi connectivity index (χ2n) is 5.52. The number of carbonyl (C=O) groups is 3. The average Bonchev–Trinajstić information content (AvgIpc) is 2.73. The van der Waals surface area contributed by atoms with Crippen LogP contribution in [0.25, 0.3) is 0 Å². The largest absolute Gasteiger partial charge is 0.493 e. The van der Waals surface area contributed by atoms with Gasteiger partial charge >= 0.3 is 6.03 Å². The van der Waals surface area contributed by atoms with E-state index in [2.05, 4.69) is 5.32 Å². The van der Waals surface area contributed by atoms with Gasteiger partial charge in [-0.2, -0.15) is 0 Å². The summed E-state index contributed by atoms with van der Waals surface area (Å²) < 4.78 is 10.3. The summed E-state index contributed by atoms with van der Waals surface area (Å²) in [6.07, 6.45) is -0.284. The Morgan fingerprint density at radius 2 is 1.64 bits per heavy atom. The van der Waals surface area contributed by atoms with E-state index in [1.165, 1.54) is 14.2 Å². The summed E-state index contributed by atoms with van der Waals surface area (Å²) in [4.78, 5) is 35.0. The van der Waals surface area contributed by atoms with Gasteiger partial charge in [0.15, 0.2) is 11.5 Å². The summed E-state index contributed by atoms with van der Waals surface area (Å²) in [7, 11) is 2.97. The fraction of sp³-hybridized carbons (Fsp3) is 0.167. The molecule has 0 saturated carbocycles. The van der Waals surface area contributed by atoms with Crippen molar-refractivity contribution in [3.8, 4) is 11.5 Å². The van der Waals surface area contributed by atoms with Gasteiger partial charge in [-0.25, -0.2) is 10.3 Å². The van der Waals surface area contributed by atoms with Gasteiger partial charge in [0.25, 0.3) is 11.8 Å². The summed E-state index contributed by atoms with van der Waals surface area (Å²) in [6, 6.07) is 9.62. The minimum Gasteiger partial charge on any atom is -0.493 e. The van der Waals surface area contributed by atoms with Crippen molar-refractivity contribution in [2.45, 2.75) is 6.42 Å². The molecule has 0 heterocycles. The van der Waals surface area contributed by atoms with Crippen LogP contribution in [0.2, 0.25) is 0 Å². The SMILES string of the molecule is COc1ccc(C(=O)Nc2ccc(CC(=O)N(O)C(=O)NO)cc2)cc1OC. The Hall–Kier alpha value is -3.63. The molecule has 4 N–H and O–H groups in total. The molecule has 0 unspecified atom stereocenters. The number of benzene rings is 2. The minimum absolute atomic E-state index is 0.229. The van der Waals surface area contributed by atoms with Gasteiger partial charge in [-0.05, 0) is 35.9 Å². The maximum atomic E-state index is 12.4. The van der Waals surface area contributed by atoms with Gasteiger partial charge in [0, 0.05) is 11.3 Å². The number of nitrogens with zero attached hydrogens (tertiary/aromatic N) is 1. The maximum absolute atomic E-state index is 12.4. The highest BCUT2D eigenvalue weighted by atomic mass is 16.6. The van der Waals surface area contributed by atoms with Crippen molar-refractivity contribution in [2.75, 3.05) is 19.5 Å². The van der Waals surface area contributed by atoms with Crippen molar-refractivity contribution in [1.82, 2.24) is 10.5 Å². The van der Waals surface area contributed by atoms with Gasteiger partial charge in [-0.1, -0.05) is 12.1 Å². The van der Waals surface area contributed by atoms with Crippen LogP contribution >= 0.6 is 0 Å². The van der Waals surface area contributed by atoms with Crippen LogP contribution in [0.15, 0.2) is 42.5 Å². The van der Waals surface area contributed by atoms with Gasteiger partial charge < -0.3 is 14.8 Å². The average molecular weight is 389 g/mol. The van der Waals surface area contributed by atoms with Crippen molar-refractivity contribution in [2.24, 2.45) is 0 Å². The van der Waals surface area contributed by atoms with Gasteiger partial charge in [0.05, 0.1) is 20.6 Å². The number of urea groups is 1. The van der Waals surface area contributed by atoms with Crippen molar-refractivity contribution in [3.63, 3.8) is 0 Å². The molecule has 10 nitrogen and oxygen atoms in total. The van der Waals surface area contributed by atoms with E-state index in [1.807, 2.05) is 0 Å². The quantitative estimate of drug-likeness (QED) is 0.437. The van der Waals surface area contributed by atoms with Crippen molar-refractivity contribution >= 4 is 23.5 Å². The number of carbonyl (C=O) groups excluding carboxylic acids is 3. The van der Waals surface area contributed by atoms with Crippen LogP contribution in [0.5, 0.6) is 11.5 Å². The summed E-state index contributed by atoms with van der Waals surface area (Å²) in [6.45, 7) is 0. The molecule has 0 aliphatic rings. The Labute approximate surface area is 160 Å². The number of methoxy groups -OCH3 is 2. The first-order chi connectivity index (χ1) is 13.4. The van der Waals surface area contributed by atoms with Crippen LogP contribution < -0.4 is 20.3 Å². The first-order valence-corrected chi connectivity index (χ1v) is 7.97. The molecule has 0 radical (unpaired) electrons. The fourth-order valence-corrected chi connectivity index (χ4v) is 2.30. The Morgan fingerprint density at radius 3 is 2.21 bits per heavy atom. The number of hydrogen-bond acceptors (Lipinski definition) is 7. The van der Waals surface area contributed by atoms with E-state index in [0.29, 0.717) is 28.3 Å². The lowest BCUT2D eigenvalue weighted by molar-refractivity contribution is -0.153. The van der Waals surface area contributed by atoms with E-state index in [4.69, 9.17) is 14.7 Å². The molecule has 4 amide bonds. The number of imide groups is 1. The molecular formula is C18H19N3O7. The highest BCUT2D eigenvalue weighted by Crippen LogP contribution is 2.27. The zero-order valence-electron chi connectivity index (χ0n) is 15.1. The van der Waals surface area contributed by atoms with E-state index >= 15 is 0 Å². The summed E-state index contributed by atoms with van der Waals surface area (Å²) >= 11 is 0. The number of rotatable bonds is 6. The monoisotopic (exact) mass is 389 g/mol.